The number of para-hydroxylation sites is 3. The fraction of sp³-hybridized carbons (Fsp3) is 0. The van der Waals surface area contributed by atoms with Gasteiger partial charge in [0, 0.05) is 37.9 Å². The normalized spacial score (nSPS) is 17.1. The Morgan fingerprint density at radius 1 is 0.349 bits per heavy atom. The van der Waals surface area contributed by atoms with Crippen LogP contribution in [0.2, 0.25) is 0 Å². The molecule has 63 heavy (non-hydrogen) atoms. The summed E-state index contributed by atoms with van der Waals surface area (Å²) in [6.07, 6.45) is 0. The summed E-state index contributed by atoms with van der Waals surface area (Å²) >= 11 is 0. The molecule has 13 aromatic rings. The molecule has 0 saturated heterocycles. The van der Waals surface area contributed by atoms with Crippen molar-refractivity contribution in [3.63, 3.8) is 0 Å². The average Bonchev–Trinajstić information content (AvgIpc) is 1.60. The van der Waals surface area contributed by atoms with E-state index in [2.05, 4.69) is 0 Å². The molecule has 0 aliphatic carbocycles. The van der Waals surface area contributed by atoms with Crippen LogP contribution in [0.15, 0.2) is 216 Å². The highest BCUT2D eigenvalue weighted by Crippen LogP contribution is 2.38. The van der Waals surface area contributed by atoms with E-state index >= 15 is 0 Å². The first-order valence-corrected chi connectivity index (χ1v) is 19.2. The van der Waals surface area contributed by atoms with Crippen LogP contribution in [0, 0.1) is 0 Å². The Kier molecular flexibility index (Phi) is 4.21. The topological polar surface area (TPSA) is 61.7 Å². The smallest absolute Gasteiger partial charge is 0.240 e. The van der Waals surface area contributed by atoms with Crippen molar-refractivity contribution in [1.29, 1.82) is 0 Å². The van der Waals surface area contributed by atoms with Gasteiger partial charge in [-0.15, -0.1) is 0 Å². The van der Waals surface area contributed by atoms with Gasteiger partial charge >= 0.3 is 0 Å². The molecule has 0 fully saturated rings. The van der Waals surface area contributed by atoms with Crippen LogP contribution in [0.5, 0.6) is 0 Å². The van der Waals surface area contributed by atoms with Crippen LogP contribution in [0.3, 0.4) is 0 Å². The second-order valence-corrected chi connectivity index (χ2v) is 14.2. The van der Waals surface area contributed by atoms with Crippen molar-refractivity contribution in [2.75, 3.05) is 0 Å². The molecule has 4 aromatic heterocycles. The van der Waals surface area contributed by atoms with E-state index in [1.165, 1.54) is 0 Å². The summed E-state index contributed by atoms with van der Waals surface area (Å²) in [5, 5.41) is -0.261. The third-order valence-corrected chi connectivity index (χ3v) is 10.7. The second-order valence-electron chi connectivity index (χ2n) is 14.2. The summed E-state index contributed by atoms with van der Waals surface area (Å²) in [5.74, 6) is -1.71. The zero-order valence-corrected chi connectivity index (χ0v) is 32.0. The van der Waals surface area contributed by atoms with Gasteiger partial charge in [0.25, 0.3) is 0 Å². The predicted octanol–water partition coefficient (Wildman–Crippen LogP) is 14.6. The van der Waals surface area contributed by atoms with Crippen molar-refractivity contribution in [1.82, 2.24) is 24.1 Å². The molecule has 6 nitrogen and oxygen atoms in total. The van der Waals surface area contributed by atoms with Crippen molar-refractivity contribution >= 4 is 65.6 Å². The summed E-state index contributed by atoms with van der Waals surface area (Å²) in [7, 11) is 0. The summed E-state index contributed by atoms with van der Waals surface area (Å²) in [4.78, 5) is 14.7. The molecular weight excluding hydrogens is 771 g/mol. The highest BCUT2D eigenvalue weighted by molar-refractivity contribution is 6.11. The summed E-state index contributed by atoms with van der Waals surface area (Å²) < 4.78 is 225. The number of hydrogen-bond donors (Lipinski definition) is 0. The molecule has 6 heteroatoms. The zero-order chi connectivity index (χ0) is 62.3. The predicted molar refractivity (Wildman–Crippen MR) is 258 cm³/mol. The first kappa shape index (κ1) is 19.0. The third kappa shape index (κ3) is 5.69. The van der Waals surface area contributed by atoms with Crippen molar-refractivity contribution in [2.24, 2.45) is 0 Å². The molecule has 0 radical (unpaired) electrons. The van der Waals surface area contributed by atoms with E-state index in [1.807, 2.05) is 30.3 Å². The first-order valence-electron chi connectivity index (χ1n) is 31.2. The maximum atomic E-state index is 9.99. The Morgan fingerprint density at radius 2 is 0.873 bits per heavy atom. The van der Waals surface area contributed by atoms with E-state index in [0.717, 1.165) is 19.9 Å². The number of nitrogens with zero attached hydrogens (tertiary/aromatic N) is 5. The summed E-state index contributed by atoms with van der Waals surface area (Å²) in [6.45, 7) is 0. The lowest BCUT2D eigenvalue weighted by atomic mass is 10.0. The lowest BCUT2D eigenvalue weighted by molar-refractivity contribution is 0.669. The standard InChI is InChI=1S/C57H35N5O/c1-3-14-36(15-4-1)40-26-29-45-43-20-7-10-23-49(43)61(51(45)34-40)56-58-55(42-19-13-18-38(32-42)39-28-31-54-48(33-39)47-22-9-12-25-53(47)63-54)59-57(60-56)62-50-24-11-8-21-44(50)46-30-27-41(35-52(46)62)37-16-5-2-6-17-37/h1-35H/i1D,2D,3D,4D,5D,6D,7D,8D,10D,11D,14D,15D,16D,17D,20D,21D,23D,24D,26D,27D,29D,30D,34D,35D. The molecule has 0 amide bonds. The molecule has 294 valence electrons. The third-order valence-electron chi connectivity index (χ3n) is 10.7. The Balaban J connectivity index is 1.23. The van der Waals surface area contributed by atoms with Crippen LogP contribution in [0.1, 0.15) is 32.9 Å². The Bertz CT molecular complexity index is 5060. The molecule has 0 aliphatic rings. The maximum absolute atomic E-state index is 9.99. The van der Waals surface area contributed by atoms with E-state index in [1.54, 1.807) is 36.4 Å². The zero-order valence-electron chi connectivity index (χ0n) is 56.0. The number of fused-ring (bicyclic) bond motifs is 9. The van der Waals surface area contributed by atoms with Crippen LogP contribution >= 0.6 is 0 Å². The van der Waals surface area contributed by atoms with Crippen molar-refractivity contribution in [3.8, 4) is 56.7 Å². The Morgan fingerprint density at radius 3 is 1.51 bits per heavy atom. The lowest BCUT2D eigenvalue weighted by Gasteiger charge is -2.14. The van der Waals surface area contributed by atoms with Crippen LogP contribution in [0.4, 0.5) is 0 Å². The molecule has 0 N–H and O–H groups in total. The van der Waals surface area contributed by atoms with Crippen LogP contribution in [0.25, 0.3) is 122 Å². The van der Waals surface area contributed by atoms with E-state index in [-0.39, 0.29) is 11.4 Å². The van der Waals surface area contributed by atoms with E-state index < -0.39 is 223 Å². The van der Waals surface area contributed by atoms with E-state index in [0.29, 0.717) is 22.3 Å². The molecule has 0 unspecified atom stereocenters. The summed E-state index contributed by atoms with van der Waals surface area (Å²) in [5.41, 5.74) is -2.33. The van der Waals surface area contributed by atoms with Crippen molar-refractivity contribution in [3.05, 3.63) is 212 Å². The number of hydrogen-bond acceptors (Lipinski definition) is 4. The van der Waals surface area contributed by atoms with Gasteiger partial charge in [-0.25, -0.2) is 0 Å². The SMILES string of the molecule is [2H]c1c([2H])c([2H])c(-c2c([2H])c([2H])c3c4c([2H])c([2H])c([2H])c([2H])c4n(-c4nc(-c5cccc(-c6ccc7oc8ccccc8c7c6)c5)nc(-n5c6c([2H])c([2H])c([2H])c([2H])c6c6c([2H])c([2H])c(-c7c([2H])c([2H])c([2H])c([2H])c7[2H])c([2H])c65)n4)c3c2[2H])c([2H])c1[2H]. The van der Waals surface area contributed by atoms with E-state index in [4.69, 9.17) is 38.6 Å². The fourth-order valence-corrected chi connectivity index (χ4v) is 7.85. The van der Waals surface area contributed by atoms with E-state index in [9.17, 15) is 13.7 Å². The minimum absolute atomic E-state index is 0.154. The van der Waals surface area contributed by atoms with Gasteiger partial charge in [0.15, 0.2) is 5.82 Å². The van der Waals surface area contributed by atoms with Gasteiger partial charge in [-0.05, 0) is 81.8 Å². The molecule has 0 saturated carbocycles. The minimum atomic E-state index is -0.870. The monoisotopic (exact) mass is 829 g/mol. The molecule has 9 aromatic carbocycles. The van der Waals surface area contributed by atoms with Crippen LogP contribution in [-0.4, -0.2) is 24.1 Å². The number of aromatic nitrogens is 5. The minimum Gasteiger partial charge on any atom is -0.456 e. The quantitative estimate of drug-likeness (QED) is 0.167. The van der Waals surface area contributed by atoms with Gasteiger partial charge in [0.1, 0.15) is 11.2 Å². The highest BCUT2D eigenvalue weighted by atomic mass is 16.3. The fourth-order valence-electron chi connectivity index (χ4n) is 7.85. The molecule has 0 spiro atoms. The molecule has 0 atom stereocenters. The number of rotatable bonds is 6. The largest absolute Gasteiger partial charge is 0.456 e. The number of furan rings is 1. The van der Waals surface area contributed by atoms with Gasteiger partial charge in [-0.3, -0.25) is 9.13 Å². The van der Waals surface area contributed by atoms with Gasteiger partial charge in [0.05, 0.1) is 55.0 Å². The van der Waals surface area contributed by atoms with Crippen LogP contribution in [-0.2, 0) is 0 Å². The first-order chi connectivity index (χ1) is 41.2. The lowest BCUT2D eigenvalue weighted by Crippen LogP contribution is -2.10. The number of benzene rings is 9. The molecule has 0 aliphatic heterocycles. The van der Waals surface area contributed by atoms with Crippen LogP contribution < -0.4 is 0 Å². The molecular formula is C57H35N5O. The molecule has 4 heterocycles. The summed E-state index contributed by atoms with van der Waals surface area (Å²) in [6, 6.07) is -0.578. The van der Waals surface area contributed by atoms with Gasteiger partial charge in [-0.2, -0.15) is 15.0 Å². The molecule has 13 rings (SSSR count). The maximum Gasteiger partial charge on any atom is 0.240 e. The second kappa shape index (κ2) is 14.0. The average molecular weight is 830 g/mol. The Labute approximate surface area is 395 Å². The van der Waals surface area contributed by atoms with Crippen molar-refractivity contribution in [2.45, 2.75) is 0 Å². The van der Waals surface area contributed by atoms with Crippen molar-refractivity contribution < 1.29 is 37.3 Å². The van der Waals surface area contributed by atoms with Gasteiger partial charge in [0.2, 0.25) is 11.9 Å². The van der Waals surface area contributed by atoms with Gasteiger partial charge in [-0.1, -0.05) is 163 Å². The van der Waals surface area contributed by atoms with Gasteiger partial charge < -0.3 is 4.42 Å². The Hall–Kier alpha value is -8.61. The molecule has 0 bridgehead atoms. The highest BCUT2D eigenvalue weighted by Gasteiger charge is 2.22.